The number of hydrogen-bond acceptors (Lipinski definition) is 6. The fourth-order valence-electron chi connectivity index (χ4n) is 2.29. The SMILES string of the molecule is CC(=O)c1ccc(-c2c(Cl)cc(NC(=N)NC(NN)NN=N)cc2Cl)cc1. The molecule has 0 saturated heterocycles. The smallest absolute Gasteiger partial charge is 0.195 e. The molecule has 0 amide bonds. The lowest BCUT2D eigenvalue weighted by Gasteiger charge is -2.19. The Morgan fingerprint density at radius 3 is 2.26 bits per heavy atom. The van der Waals surface area contributed by atoms with E-state index < -0.39 is 6.29 Å². The van der Waals surface area contributed by atoms with Crippen LogP contribution in [0.25, 0.3) is 11.1 Å². The van der Waals surface area contributed by atoms with Crippen LogP contribution in [0.2, 0.25) is 10.0 Å². The number of nitrogens with two attached hydrogens (primary N) is 1. The zero-order chi connectivity index (χ0) is 20.0. The van der Waals surface area contributed by atoms with Crippen molar-refractivity contribution < 1.29 is 4.79 Å². The second-order valence-corrected chi connectivity index (χ2v) is 6.25. The van der Waals surface area contributed by atoms with Crippen molar-refractivity contribution in [2.75, 3.05) is 5.32 Å². The maximum absolute atomic E-state index is 11.4. The number of carbonyl (C=O) groups is 1. The molecule has 1 atom stereocenters. The van der Waals surface area contributed by atoms with E-state index in [1.54, 1.807) is 36.4 Å². The molecule has 27 heavy (non-hydrogen) atoms. The highest BCUT2D eigenvalue weighted by Gasteiger charge is 2.13. The number of halogens is 2. The number of carbonyl (C=O) groups excluding carboxylic acids is 1. The third-order valence-corrected chi connectivity index (χ3v) is 4.14. The molecule has 8 N–H and O–H groups in total. The van der Waals surface area contributed by atoms with Crippen LogP contribution >= 0.6 is 23.2 Å². The summed E-state index contributed by atoms with van der Waals surface area (Å²) in [4.78, 5) is 11.4. The molecule has 0 aliphatic heterocycles. The van der Waals surface area contributed by atoms with Crippen LogP contribution in [-0.2, 0) is 0 Å². The molecule has 9 nitrogen and oxygen atoms in total. The molecule has 2 aromatic carbocycles. The van der Waals surface area contributed by atoms with Crippen molar-refractivity contribution >= 4 is 40.6 Å². The van der Waals surface area contributed by atoms with E-state index in [4.69, 9.17) is 40.0 Å². The number of hydrazine groups is 1. The highest BCUT2D eigenvalue weighted by Crippen LogP contribution is 2.37. The van der Waals surface area contributed by atoms with Gasteiger partial charge in [-0.2, -0.15) is 5.53 Å². The Bertz CT molecular complexity index is 833. The van der Waals surface area contributed by atoms with Crippen molar-refractivity contribution in [3.8, 4) is 11.1 Å². The van der Waals surface area contributed by atoms with Gasteiger partial charge in [0.1, 0.15) is 0 Å². The van der Waals surface area contributed by atoms with Gasteiger partial charge in [-0.25, -0.2) is 5.43 Å². The van der Waals surface area contributed by atoms with Crippen LogP contribution in [0.3, 0.4) is 0 Å². The first-order valence-electron chi connectivity index (χ1n) is 7.66. The second-order valence-electron chi connectivity index (χ2n) is 5.43. The Morgan fingerprint density at radius 2 is 1.78 bits per heavy atom. The Labute approximate surface area is 165 Å². The van der Waals surface area contributed by atoms with Gasteiger partial charge in [-0.3, -0.25) is 21.5 Å². The van der Waals surface area contributed by atoms with E-state index in [0.717, 1.165) is 5.56 Å². The lowest BCUT2D eigenvalue weighted by molar-refractivity contribution is 0.101. The molecule has 142 valence electrons. The predicted molar refractivity (Wildman–Crippen MR) is 106 cm³/mol. The maximum Gasteiger partial charge on any atom is 0.195 e. The van der Waals surface area contributed by atoms with E-state index in [2.05, 4.69) is 26.7 Å². The lowest BCUT2D eigenvalue weighted by atomic mass is 10.0. The Balaban J connectivity index is 2.20. The third kappa shape index (κ3) is 5.38. The first kappa shape index (κ1) is 20.6. The Morgan fingerprint density at radius 1 is 1.19 bits per heavy atom. The number of rotatable bonds is 7. The van der Waals surface area contributed by atoms with Gasteiger partial charge in [0.25, 0.3) is 0 Å². The number of benzene rings is 2. The summed E-state index contributed by atoms with van der Waals surface area (Å²) in [6, 6.07) is 10.2. The summed E-state index contributed by atoms with van der Waals surface area (Å²) in [6.45, 7) is 1.50. The summed E-state index contributed by atoms with van der Waals surface area (Å²) in [5, 5.41) is 17.0. The number of nitrogens with one attached hydrogen (secondary N) is 6. The van der Waals surface area contributed by atoms with Crippen molar-refractivity contribution in [3.05, 3.63) is 52.0 Å². The van der Waals surface area contributed by atoms with E-state index in [0.29, 0.717) is 26.9 Å². The molecule has 0 fully saturated rings. The summed E-state index contributed by atoms with van der Waals surface area (Å²) in [6.07, 6.45) is -0.812. The molecule has 0 radical (unpaired) electrons. The van der Waals surface area contributed by atoms with E-state index >= 15 is 0 Å². The maximum atomic E-state index is 11.4. The van der Waals surface area contributed by atoms with Crippen molar-refractivity contribution in [3.63, 3.8) is 0 Å². The van der Waals surface area contributed by atoms with Gasteiger partial charge in [0.2, 0.25) is 0 Å². The van der Waals surface area contributed by atoms with Gasteiger partial charge in [0.05, 0.1) is 10.0 Å². The van der Waals surface area contributed by atoms with Crippen LogP contribution < -0.4 is 27.3 Å². The topological polar surface area (TPSA) is 151 Å². The summed E-state index contributed by atoms with van der Waals surface area (Å²) in [5.41, 5.74) is 13.8. The minimum absolute atomic E-state index is 0.0257. The van der Waals surface area contributed by atoms with Gasteiger partial charge in [-0.1, -0.05) is 52.7 Å². The number of hydrogen-bond donors (Lipinski definition) is 7. The average Bonchev–Trinajstić information content (AvgIpc) is 2.61. The van der Waals surface area contributed by atoms with Crippen LogP contribution in [0.15, 0.2) is 41.6 Å². The van der Waals surface area contributed by atoms with Gasteiger partial charge < -0.3 is 10.6 Å². The molecular weight excluding hydrogens is 391 g/mol. The molecule has 0 spiro atoms. The van der Waals surface area contributed by atoms with Crippen molar-refractivity contribution in [2.24, 2.45) is 11.1 Å². The van der Waals surface area contributed by atoms with Crippen LogP contribution in [0, 0.1) is 10.9 Å². The first-order valence-corrected chi connectivity index (χ1v) is 8.42. The lowest BCUT2D eigenvalue weighted by Crippen LogP contribution is -2.56. The molecule has 1 unspecified atom stereocenters. The quantitative estimate of drug-likeness (QED) is 0.0710. The number of Topliss-reactive ketones (excluding diaryl/α,β-unsaturated/α-hetero) is 1. The average molecular weight is 409 g/mol. The van der Waals surface area contributed by atoms with Gasteiger partial charge in [0, 0.05) is 16.8 Å². The number of guanidine groups is 1. The van der Waals surface area contributed by atoms with Crippen molar-refractivity contribution in [1.29, 1.82) is 10.9 Å². The van der Waals surface area contributed by atoms with Gasteiger partial charge in [0.15, 0.2) is 18.0 Å². The molecule has 0 aliphatic rings. The highest BCUT2D eigenvalue weighted by molar-refractivity contribution is 6.39. The molecular formula is C16H18Cl2N8O. The molecule has 2 rings (SSSR count). The Hall–Kier alpha value is -2.72. The minimum Gasteiger partial charge on any atom is -0.326 e. The van der Waals surface area contributed by atoms with Gasteiger partial charge in [-0.15, -0.1) is 0 Å². The zero-order valence-corrected chi connectivity index (χ0v) is 15.7. The number of ketones is 1. The van der Waals surface area contributed by atoms with Crippen LogP contribution in [0.1, 0.15) is 17.3 Å². The zero-order valence-electron chi connectivity index (χ0n) is 14.2. The molecule has 0 bridgehead atoms. The highest BCUT2D eigenvalue weighted by atomic mass is 35.5. The van der Waals surface area contributed by atoms with Crippen LogP contribution in [0.4, 0.5) is 5.69 Å². The molecule has 0 aromatic heterocycles. The van der Waals surface area contributed by atoms with E-state index in [-0.39, 0.29) is 11.7 Å². The van der Waals surface area contributed by atoms with Crippen LogP contribution in [-0.4, -0.2) is 18.0 Å². The predicted octanol–water partition coefficient (Wildman–Crippen LogP) is 3.08. The van der Waals surface area contributed by atoms with Gasteiger partial charge >= 0.3 is 0 Å². The van der Waals surface area contributed by atoms with E-state index in [1.165, 1.54) is 6.92 Å². The molecule has 0 aliphatic carbocycles. The molecule has 2 aromatic rings. The summed E-state index contributed by atoms with van der Waals surface area (Å²) >= 11 is 12.7. The summed E-state index contributed by atoms with van der Waals surface area (Å²) in [7, 11) is 0. The van der Waals surface area contributed by atoms with E-state index in [1.807, 2.05) is 0 Å². The number of nitrogens with zero attached hydrogens (tertiary/aromatic N) is 1. The van der Waals surface area contributed by atoms with E-state index in [9.17, 15) is 4.79 Å². The van der Waals surface area contributed by atoms with Crippen LogP contribution in [0.5, 0.6) is 0 Å². The first-order chi connectivity index (χ1) is 12.8. The second kappa shape index (κ2) is 9.28. The molecule has 0 heterocycles. The standard InChI is InChI=1S/C16H18Cl2N8O/c1-8(27)9-2-4-10(5-3-9)14-12(17)6-11(7-13(14)18)22-15(19)23-16(24-20)25-26-21/h2-7,16,24H,20H2,1H3,(H2,21,25)(H3,19,22,23). The van der Waals surface area contributed by atoms with Crippen molar-refractivity contribution in [2.45, 2.75) is 13.2 Å². The molecule has 11 heteroatoms. The Kier molecular flexibility index (Phi) is 7.08. The van der Waals surface area contributed by atoms with Crippen molar-refractivity contribution in [1.82, 2.24) is 16.2 Å². The fraction of sp³-hybridized carbons (Fsp3) is 0.125. The third-order valence-electron chi connectivity index (χ3n) is 3.54. The monoisotopic (exact) mass is 408 g/mol. The summed E-state index contributed by atoms with van der Waals surface area (Å²) in [5.74, 6) is 5.11. The largest absolute Gasteiger partial charge is 0.326 e. The molecule has 0 saturated carbocycles. The number of anilines is 1. The summed E-state index contributed by atoms with van der Waals surface area (Å²) < 4.78 is 0. The van der Waals surface area contributed by atoms with Gasteiger partial charge in [-0.05, 0) is 24.6 Å². The fourth-order valence-corrected chi connectivity index (χ4v) is 3.00. The normalized spacial score (nSPS) is 11.4. The minimum atomic E-state index is -0.812.